The van der Waals surface area contributed by atoms with Gasteiger partial charge < -0.3 is 5.32 Å². The first-order valence-electron chi connectivity index (χ1n) is 8.50. The van der Waals surface area contributed by atoms with Crippen molar-refractivity contribution in [3.05, 3.63) is 58.1 Å². The number of hydrogen-bond acceptors (Lipinski definition) is 4. The number of benzene rings is 2. The number of rotatable bonds is 2. The molecule has 1 aliphatic heterocycles. The van der Waals surface area contributed by atoms with Crippen molar-refractivity contribution in [2.45, 2.75) is 12.5 Å². The van der Waals surface area contributed by atoms with E-state index in [1.165, 1.54) is 23.7 Å². The lowest BCUT2D eigenvalue weighted by Gasteiger charge is -2.40. The maximum atomic E-state index is 15.7. The first-order chi connectivity index (χ1) is 13.5. The zero-order valence-electron chi connectivity index (χ0n) is 15.4. The van der Waals surface area contributed by atoms with Crippen molar-refractivity contribution in [1.29, 1.82) is 5.41 Å². The summed E-state index contributed by atoms with van der Waals surface area (Å²) in [5.41, 5.74) is -0.0969. The van der Waals surface area contributed by atoms with E-state index in [4.69, 9.17) is 28.6 Å². The molecule has 1 aromatic heterocycles. The summed E-state index contributed by atoms with van der Waals surface area (Å²) in [7, 11) is -2.51. The van der Waals surface area contributed by atoms with Crippen LogP contribution in [0.1, 0.15) is 12.5 Å². The lowest BCUT2D eigenvalue weighted by Crippen LogP contribution is -2.61. The molecular weight excluding hydrogens is 440 g/mol. The Hall–Kier alpha value is -2.36. The smallest absolute Gasteiger partial charge is 0.239 e. The monoisotopic (exact) mass is 455 g/mol. The quantitative estimate of drug-likeness (QED) is 0.618. The van der Waals surface area contributed by atoms with Crippen LogP contribution in [0.2, 0.25) is 10.3 Å². The van der Waals surface area contributed by atoms with E-state index in [2.05, 4.69) is 10.3 Å². The molecule has 2 aromatic carbocycles. The second-order valence-corrected chi connectivity index (χ2v) is 9.79. The Morgan fingerprint density at radius 1 is 1.28 bits per heavy atom. The Labute approximate surface area is 176 Å². The minimum absolute atomic E-state index is 0.0418. The Morgan fingerprint density at radius 3 is 2.69 bits per heavy atom. The zero-order valence-corrected chi connectivity index (χ0v) is 17.7. The topological polar surface area (TPSA) is 91.1 Å². The molecule has 29 heavy (non-hydrogen) atoms. The maximum Gasteiger partial charge on any atom is 0.239 e. The summed E-state index contributed by atoms with van der Waals surface area (Å²) >= 11 is 12.4. The molecule has 0 unspecified atom stereocenters. The molecule has 7 nitrogen and oxygen atoms in total. The summed E-state index contributed by atoms with van der Waals surface area (Å²) in [5.74, 6) is -1.42. The Balaban J connectivity index is 1.92. The highest BCUT2D eigenvalue weighted by molar-refractivity contribution is 7.89. The average Bonchev–Trinajstić information content (AvgIpc) is 2.94. The van der Waals surface area contributed by atoms with Gasteiger partial charge in [-0.15, -0.1) is 0 Å². The van der Waals surface area contributed by atoms with Gasteiger partial charge in [0.05, 0.1) is 28.0 Å². The van der Waals surface area contributed by atoms with Crippen LogP contribution in [-0.4, -0.2) is 41.0 Å². The molecule has 11 heteroatoms. The van der Waals surface area contributed by atoms with Crippen LogP contribution in [0.25, 0.3) is 16.7 Å². The molecule has 0 radical (unpaired) electrons. The highest BCUT2D eigenvalue weighted by atomic mass is 35.5. The highest BCUT2D eigenvalue weighted by Gasteiger charge is 2.43. The van der Waals surface area contributed by atoms with Gasteiger partial charge in [0.1, 0.15) is 0 Å². The van der Waals surface area contributed by atoms with Gasteiger partial charge in [-0.1, -0.05) is 23.7 Å². The number of nitrogens with one attached hydrogen (secondary N) is 2. The number of nitrogens with zero attached hydrogens (tertiary/aromatic N) is 3. The second kappa shape index (κ2) is 6.58. The SMILES string of the molecule is CN1C(=N)N[C@](C)(c2cccc(-n3c(Cl)nc4ccc(Cl)cc43)c2F)CS1(=O)=O. The number of hydrogen-bond donors (Lipinski definition) is 2. The third-order valence-electron chi connectivity index (χ3n) is 4.99. The Bertz CT molecular complexity index is 1280. The van der Waals surface area contributed by atoms with E-state index in [9.17, 15) is 8.42 Å². The number of guanidine groups is 1. The van der Waals surface area contributed by atoms with Gasteiger partial charge in [0, 0.05) is 17.6 Å². The van der Waals surface area contributed by atoms with Crippen LogP contribution in [0.4, 0.5) is 4.39 Å². The van der Waals surface area contributed by atoms with E-state index in [0.717, 1.165) is 4.31 Å². The fourth-order valence-corrected chi connectivity index (χ4v) is 5.40. The third-order valence-corrected chi connectivity index (χ3v) is 7.43. The van der Waals surface area contributed by atoms with Crippen molar-refractivity contribution in [2.75, 3.05) is 12.8 Å². The molecule has 2 N–H and O–H groups in total. The predicted molar refractivity (Wildman–Crippen MR) is 111 cm³/mol. The number of imidazole rings is 1. The highest BCUT2D eigenvalue weighted by Crippen LogP contribution is 2.34. The molecule has 1 saturated heterocycles. The van der Waals surface area contributed by atoms with E-state index < -0.39 is 27.1 Å². The van der Waals surface area contributed by atoms with Crippen molar-refractivity contribution < 1.29 is 12.8 Å². The van der Waals surface area contributed by atoms with Crippen LogP contribution in [-0.2, 0) is 15.6 Å². The van der Waals surface area contributed by atoms with Crippen molar-refractivity contribution in [1.82, 2.24) is 19.2 Å². The molecule has 0 amide bonds. The van der Waals surface area contributed by atoms with E-state index in [-0.39, 0.29) is 22.5 Å². The normalized spacial score (nSPS) is 21.4. The zero-order chi connectivity index (χ0) is 21.1. The van der Waals surface area contributed by atoms with Crippen molar-refractivity contribution in [3.8, 4) is 5.69 Å². The molecule has 3 aromatic rings. The summed E-state index contributed by atoms with van der Waals surface area (Å²) < 4.78 is 42.8. The van der Waals surface area contributed by atoms with Crippen LogP contribution < -0.4 is 5.32 Å². The molecule has 1 aliphatic rings. The number of sulfonamides is 1. The van der Waals surface area contributed by atoms with Crippen LogP contribution in [0, 0.1) is 11.2 Å². The molecule has 0 aliphatic carbocycles. The van der Waals surface area contributed by atoms with Gasteiger partial charge in [-0.25, -0.2) is 22.1 Å². The number of aromatic nitrogens is 2. The van der Waals surface area contributed by atoms with E-state index >= 15 is 4.39 Å². The van der Waals surface area contributed by atoms with Gasteiger partial charge in [-0.2, -0.15) is 0 Å². The van der Waals surface area contributed by atoms with Gasteiger partial charge in [0.2, 0.25) is 21.3 Å². The molecule has 1 atom stereocenters. The Morgan fingerprint density at radius 2 is 2.00 bits per heavy atom. The number of fused-ring (bicyclic) bond motifs is 1. The maximum absolute atomic E-state index is 15.7. The summed E-state index contributed by atoms with van der Waals surface area (Å²) in [6.07, 6.45) is 0. The molecule has 2 heterocycles. The third kappa shape index (κ3) is 3.13. The standard InChI is InChI=1S/C18H16Cl2FN5O2S/c1-18(9-29(27,28)25(2)17(22)24-18)11-4-3-5-13(15(11)21)26-14-8-10(19)6-7-12(14)23-16(26)20/h3-8H,9H2,1-2H3,(H2,22,24)/t18-/m0/s1. The van der Waals surface area contributed by atoms with Crippen LogP contribution in [0.15, 0.2) is 36.4 Å². The summed E-state index contributed by atoms with van der Waals surface area (Å²) in [5, 5.41) is 11.2. The van der Waals surface area contributed by atoms with E-state index in [0.29, 0.717) is 16.1 Å². The van der Waals surface area contributed by atoms with Gasteiger partial charge in [-0.3, -0.25) is 9.98 Å². The molecule has 4 rings (SSSR count). The first-order valence-corrected chi connectivity index (χ1v) is 10.9. The lowest BCUT2D eigenvalue weighted by atomic mass is 9.92. The number of halogens is 3. The largest absolute Gasteiger partial charge is 0.345 e. The average molecular weight is 456 g/mol. The van der Waals surface area contributed by atoms with E-state index in [1.807, 2.05) is 0 Å². The fourth-order valence-electron chi connectivity index (χ4n) is 3.49. The summed E-state index contributed by atoms with van der Waals surface area (Å²) in [4.78, 5) is 4.23. The minimum atomic E-state index is -3.78. The van der Waals surface area contributed by atoms with Gasteiger partial charge >= 0.3 is 0 Å². The predicted octanol–water partition coefficient (Wildman–Crippen LogP) is 3.49. The minimum Gasteiger partial charge on any atom is -0.345 e. The molecule has 0 saturated carbocycles. The molecule has 1 fully saturated rings. The molecular formula is C18H16Cl2FN5O2S. The van der Waals surface area contributed by atoms with Crippen molar-refractivity contribution >= 4 is 50.2 Å². The van der Waals surface area contributed by atoms with Gasteiger partial charge in [-0.05, 0) is 42.8 Å². The van der Waals surface area contributed by atoms with Crippen molar-refractivity contribution in [2.24, 2.45) is 0 Å². The van der Waals surface area contributed by atoms with Crippen LogP contribution in [0.5, 0.6) is 0 Å². The first kappa shape index (κ1) is 19.9. The lowest BCUT2D eigenvalue weighted by molar-refractivity contribution is 0.402. The fraction of sp³-hybridized carbons (Fsp3) is 0.222. The van der Waals surface area contributed by atoms with Crippen LogP contribution in [0.3, 0.4) is 0 Å². The molecule has 152 valence electrons. The Kier molecular flexibility index (Phi) is 4.52. The summed E-state index contributed by atoms with van der Waals surface area (Å²) in [6.45, 7) is 1.54. The van der Waals surface area contributed by atoms with Crippen LogP contribution >= 0.6 is 23.2 Å². The van der Waals surface area contributed by atoms with E-state index in [1.54, 1.807) is 31.2 Å². The van der Waals surface area contributed by atoms with Gasteiger partial charge in [0.15, 0.2) is 5.82 Å². The molecule has 0 spiro atoms. The van der Waals surface area contributed by atoms with Crippen molar-refractivity contribution in [3.63, 3.8) is 0 Å². The molecule has 0 bridgehead atoms. The second-order valence-electron chi connectivity index (χ2n) is 7.02. The summed E-state index contributed by atoms with van der Waals surface area (Å²) in [6, 6.07) is 9.56. The van der Waals surface area contributed by atoms with Gasteiger partial charge in [0.25, 0.3) is 0 Å².